The van der Waals surface area contributed by atoms with E-state index in [9.17, 15) is 0 Å². The molecule has 1 heterocycles. The Labute approximate surface area is 113 Å². The van der Waals surface area contributed by atoms with Gasteiger partial charge < -0.3 is 0 Å². The molecule has 0 fully saturated rings. The summed E-state index contributed by atoms with van der Waals surface area (Å²) < 4.78 is 0. The summed E-state index contributed by atoms with van der Waals surface area (Å²) in [6.07, 6.45) is 0. The Balaban J connectivity index is 2.13. The zero-order chi connectivity index (χ0) is 13.2. The highest BCUT2D eigenvalue weighted by Crippen LogP contribution is 2.30. The molecule has 0 atom stereocenters. The third kappa shape index (κ3) is 2.17. The topological polar surface area (TPSA) is 26.5 Å². The van der Waals surface area contributed by atoms with Crippen molar-refractivity contribution in [3.63, 3.8) is 0 Å². The van der Waals surface area contributed by atoms with E-state index in [0.29, 0.717) is 0 Å². The molecule has 0 unspecified atom stereocenters. The number of hydrogen-bond acceptors (Lipinski definition) is 1. The summed E-state index contributed by atoms with van der Waals surface area (Å²) in [7, 11) is 0. The molecule has 3 rings (SSSR count). The summed E-state index contributed by atoms with van der Waals surface area (Å²) >= 11 is 0. The molecule has 19 heavy (non-hydrogen) atoms. The minimum atomic E-state index is 0.962. The molecule has 0 aromatic heterocycles. The van der Waals surface area contributed by atoms with Crippen LogP contribution in [0.3, 0.4) is 0 Å². The second kappa shape index (κ2) is 4.73. The van der Waals surface area contributed by atoms with Crippen LogP contribution in [0.2, 0.25) is 0 Å². The Hall–Kier alpha value is -2.35. The van der Waals surface area contributed by atoms with Crippen LogP contribution in [0.1, 0.15) is 23.6 Å². The van der Waals surface area contributed by atoms with Gasteiger partial charge in [-0.2, -0.15) is 5.10 Å². The van der Waals surface area contributed by atoms with Crippen LogP contribution in [0.5, 0.6) is 0 Å². The number of hydrogen-bond donors (Lipinski definition) is 0. The van der Waals surface area contributed by atoms with Gasteiger partial charge in [0, 0.05) is 11.1 Å². The van der Waals surface area contributed by atoms with E-state index in [-0.39, 0.29) is 0 Å². The van der Waals surface area contributed by atoms with Gasteiger partial charge >= 0.3 is 0 Å². The lowest BCUT2D eigenvalue weighted by Crippen LogP contribution is -1.97. The van der Waals surface area contributed by atoms with E-state index >= 15 is 0 Å². The van der Waals surface area contributed by atoms with E-state index in [1.807, 2.05) is 25.1 Å². The lowest BCUT2D eigenvalue weighted by molar-refractivity contribution is 0.992. The summed E-state index contributed by atoms with van der Waals surface area (Å²) in [6, 6.07) is 18.7. The van der Waals surface area contributed by atoms with Gasteiger partial charge in [0.2, 0.25) is 0 Å². The van der Waals surface area contributed by atoms with E-state index in [2.05, 4.69) is 53.8 Å². The molecular weight excluding hydrogens is 232 g/mol. The smallest absolute Gasteiger partial charge is 0.103 e. The van der Waals surface area contributed by atoms with Gasteiger partial charge in [0.15, 0.2) is 0 Å². The summed E-state index contributed by atoms with van der Waals surface area (Å²) in [4.78, 5) is 0. The Morgan fingerprint density at radius 1 is 0.737 bits per heavy atom. The molecule has 2 heteroatoms. The Morgan fingerprint density at radius 2 is 1.42 bits per heavy atom. The summed E-state index contributed by atoms with van der Waals surface area (Å²) in [5.74, 6) is 0. The van der Waals surface area contributed by atoms with Crippen molar-refractivity contribution in [3.8, 4) is 0 Å². The van der Waals surface area contributed by atoms with Crippen LogP contribution in [0.25, 0.3) is 11.3 Å². The van der Waals surface area contributed by atoms with Crippen molar-refractivity contribution < 1.29 is 0 Å². The standard InChI is InChI=1S/C17H15N2/c1-12-8-10-15(11-9-12)17-16(13(2)18-19-17)14-6-4-3-5-7-14/h3-11H,1-2H3. The SMILES string of the molecule is CC1=N[N]C(c2ccc(C)cc2)=C1c1ccccc1. The lowest BCUT2D eigenvalue weighted by atomic mass is 9.97. The largest absolute Gasteiger partial charge is 0.155 e. The quantitative estimate of drug-likeness (QED) is 0.770. The van der Waals surface area contributed by atoms with E-state index in [4.69, 9.17) is 0 Å². The molecule has 0 amide bonds. The van der Waals surface area contributed by atoms with Crippen molar-refractivity contribution in [1.29, 1.82) is 0 Å². The van der Waals surface area contributed by atoms with Crippen molar-refractivity contribution in [3.05, 3.63) is 71.3 Å². The molecular formula is C17H15N2. The van der Waals surface area contributed by atoms with Gasteiger partial charge in [-0.15, -0.1) is 5.43 Å². The fraction of sp³-hybridized carbons (Fsp3) is 0.118. The van der Waals surface area contributed by atoms with Crippen LogP contribution in [-0.2, 0) is 0 Å². The van der Waals surface area contributed by atoms with Crippen molar-refractivity contribution in [2.24, 2.45) is 5.10 Å². The van der Waals surface area contributed by atoms with Gasteiger partial charge in [0.25, 0.3) is 0 Å². The first kappa shape index (κ1) is 11.7. The van der Waals surface area contributed by atoms with Crippen molar-refractivity contribution >= 4 is 17.0 Å². The molecule has 0 spiro atoms. The number of benzene rings is 2. The highest BCUT2D eigenvalue weighted by atomic mass is 15.3. The Morgan fingerprint density at radius 3 is 2.11 bits per heavy atom. The van der Waals surface area contributed by atoms with Gasteiger partial charge in [0.05, 0.1) is 5.71 Å². The molecule has 2 aromatic carbocycles. The molecule has 0 saturated carbocycles. The summed E-state index contributed by atoms with van der Waals surface area (Å²) in [6.45, 7) is 4.09. The number of allylic oxidation sites excluding steroid dienone is 1. The Bertz CT molecular complexity index is 649. The highest BCUT2D eigenvalue weighted by Gasteiger charge is 2.20. The van der Waals surface area contributed by atoms with Crippen LogP contribution in [0.4, 0.5) is 0 Å². The summed E-state index contributed by atoms with van der Waals surface area (Å²) in [5.41, 5.74) is 10.9. The fourth-order valence-corrected chi connectivity index (χ4v) is 2.26. The average Bonchev–Trinajstić information content (AvgIpc) is 2.82. The molecule has 0 bridgehead atoms. The first-order valence-corrected chi connectivity index (χ1v) is 6.38. The highest BCUT2D eigenvalue weighted by molar-refractivity contribution is 6.31. The predicted octanol–water partition coefficient (Wildman–Crippen LogP) is 3.86. The molecule has 1 radical (unpaired) electrons. The first-order valence-electron chi connectivity index (χ1n) is 6.38. The van der Waals surface area contributed by atoms with Crippen molar-refractivity contribution in [2.45, 2.75) is 13.8 Å². The van der Waals surface area contributed by atoms with E-state index in [1.54, 1.807) is 0 Å². The van der Waals surface area contributed by atoms with Gasteiger partial charge in [-0.1, -0.05) is 60.2 Å². The number of aryl methyl sites for hydroxylation is 1. The molecule has 0 N–H and O–H groups in total. The molecule has 0 aliphatic carbocycles. The lowest BCUT2D eigenvalue weighted by Gasteiger charge is -2.07. The predicted molar refractivity (Wildman–Crippen MR) is 79.7 cm³/mol. The van der Waals surface area contributed by atoms with Crippen LogP contribution in [-0.4, -0.2) is 5.71 Å². The van der Waals surface area contributed by atoms with E-state index < -0.39 is 0 Å². The fourth-order valence-electron chi connectivity index (χ4n) is 2.26. The minimum absolute atomic E-state index is 0.962. The van der Waals surface area contributed by atoms with Crippen LogP contribution in [0, 0.1) is 6.92 Å². The normalized spacial score (nSPS) is 14.3. The first-order chi connectivity index (χ1) is 9.25. The van der Waals surface area contributed by atoms with E-state index in [1.165, 1.54) is 11.1 Å². The molecule has 1 aliphatic heterocycles. The van der Waals surface area contributed by atoms with Gasteiger partial charge in [-0.05, 0) is 19.4 Å². The van der Waals surface area contributed by atoms with Gasteiger partial charge in [-0.25, -0.2) is 0 Å². The molecule has 93 valence electrons. The maximum absolute atomic E-state index is 4.34. The third-order valence-electron chi connectivity index (χ3n) is 3.29. The van der Waals surface area contributed by atoms with Crippen LogP contribution >= 0.6 is 0 Å². The van der Waals surface area contributed by atoms with Gasteiger partial charge in [0.1, 0.15) is 5.70 Å². The van der Waals surface area contributed by atoms with Crippen LogP contribution in [0.15, 0.2) is 59.7 Å². The zero-order valence-electron chi connectivity index (χ0n) is 11.1. The minimum Gasteiger partial charge on any atom is -0.155 e. The summed E-state index contributed by atoms with van der Waals surface area (Å²) in [5, 5.41) is 4.24. The van der Waals surface area contributed by atoms with Crippen molar-refractivity contribution in [2.75, 3.05) is 0 Å². The molecule has 2 aromatic rings. The molecule has 0 saturated heterocycles. The average molecular weight is 247 g/mol. The zero-order valence-corrected chi connectivity index (χ0v) is 11.1. The van der Waals surface area contributed by atoms with Crippen LogP contribution < -0.4 is 5.43 Å². The number of rotatable bonds is 2. The maximum Gasteiger partial charge on any atom is 0.103 e. The Kier molecular flexibility index (Phi) is 2.92. The van der Waals surface area contributed by atoms with Gasteiger partial charge in [-0.3, -0.25) is 0 Å². The van der Waals surface area contributed by atoms with Crippen molar-refractivity contribution in [1.82, 2.24) is 5.43 Å². The third-order valence-corrected chi connectivity index (χ3v) is 3.29. The second-order valence-electron chi connectivity index (χ2n) is 4.74. The monoisotopic (exact) mass is 247 g/mol. The number of nitrogens with zero attached hydrogens (tertiary/aromatic N) is 2. The second-order valence-corrected chi connectivity index (χ2v) is 4.74. The molecule has 1 aliphatic rings. The molecule has 2 nitrogen and oxygen atoms in total. The van der Waals surface area contributed by atoms with E-state index in [0.717, 1.165) is 22.5 Å². The maximum atomic E-state index is 4.34.